The fourth-order valence-corrected chi connectivity index (χ4v) is 4.37. The summed E-state index contributed by atoms with van der Waals surface area (Å²) >= 11 is 1.20. The Bertz CT molecular complexity index is 1010. The van der Waals surface area contributed by atoms with E-state index in [0.717, 1.165) is 4.90 Å². The summed E-state index contributed by atoms with van der Waals surface area (Å²) in [6.07, 6.45) is -1.07. The van der Waals surface area contributed by atoms with Crippen LogP contribution in [0.2, 0.25) is 0 Å². The van der Waals surface area contributed by atoms with E-state index in [1.807, 2.05) is 0 Å². The number of oxime groups is 1. The number of primary amides is 1. The van der Waals surface area contributed by atoms with Gasteiger partial charge in [-0.05, 0) is 12.1 Å². The molecule has 14 heteroatoms. The smallest absolute Gasteiger partial charge is 0.404 e. The molecule has 0 spiro atoms. The number of ether oxygens (including phenoxy) is 1. The second-order valence-electron chi connectivity index (χ2n) is 6.30. The lowest BCUT2D eigenvalue weighted by molar-refractivity contribution is -0.150. The Morgan fingerprint density at radius 2 is 2.16 bits per heavy atom. The number of carboxylic acid groups (broad SMARTS) is 1. The maximum atomic E-state index is 12.7. The summed E-state index contributed by atoms with van der Waals surface area (Å²) in [6.45, 7) is -0.358. The van der Waals surface area contributed by atoms with Crippen molar-refractivity contribution in [2.45, 2.75) is 11.4 Å². The van der Waals surface area contributed by atoms with Gasteiger partial charge in [-0.3, -0.25) is 14.5 Å². The Morgan fingerprint density at radius 1 is 1.42 bits per heavy atom. The quantitative estimate of drug-likeness (QED) is 0.223. The summed E-state index contributed by atoms with van der Waals surface area (Å²) in [5.74, 6) is -2.44. The number of anilines is 1. The Morgan fingerprint density at radius 3 is 2.77 bits per heavy atom. The van der Waals surface area contributed by atoms with Gasteiger partial charge in [0.25, 0.3) is 11.8 Å². The lowest BCUT2D eigenvalue weighted by atomic mass is 10.0. The molecule has 0 bridgehead atoms. The molecule has 1 aromatic heterocycles. The summed E-state index contributed by atoms with van der Waals surface area (Å²) in [5, 5.41) is 15.1. The average molecular weight is 450 g/mol. The topological polar surface area (TPSA) is 200 Å². The van der Waals surface area contributed by atoms with Gasteiger partial charge in [0.2, 0.25) is 0 Å². The zero-order valence-corrected chi connectivity index (χ0v) is 16.9. The average Bonchev–Trinajstić information content (AvgIpc) is 2.73. The van der Waals surface area contributed by atoms with Gasteiger partial charge in [-0.15, -0.1) is 11.8 Å². The first-order chi connectivity index (χ1) is 14.7. The third-order valence-corrected chi connectivity index (χ3v) is 5.68. The van der Waals surface area contributed by atoms with Crippen molar-refractivity contribution in [2.75, 3.05) is 25.2 Å². The number of carboxylic acids is 1. The third kappa shape index (κ3) is 4.37. The lowest BCUT2D eigenvalue weighted by Crippen LogP contribution is -2.71. The predicted molar refractivity (Wildman–Crippen MR) is 107 cm³/mol. The maximum Gasteiger partial charge on any atom is 0.404 e. The van der Waals surface area contributed by atoms with E-state index in [1.165, 1.54) is 31.0 Å². The van der Waals surface area contributed by atoms with Gasteiger partial charge in [0.15, 0.2) is 5.71 Å². The highest BCUT2D eigenvalue weighted by atomic mass is 32.2. The number of nitrogens with two attached hydrogens (primary N) is 2. The van der Waals surface area contributed by atoms with Crippen LogP contribution < -0.4 is 16.8 Å². The maximum absolute atomic E-state index is 12.7. The standard InChI is InChI=1S/C17H18N6O7S/c1-29-22-10(8-3-2-4-9(18)20-8)13(24)21-11-14(25)23-12(16(26)27)7(5-30-17(19)28)6-31-15(11)23/h2-4,11,15H,5-6H2,1H3,(H2,18,20)(H2,19,28)(H,21,24)(H,26,27)/t11?,15-/m1/s1. The summed E-state index contributed by atoms with van der Waals surface area (Å²) in [7, 11) is 1.24. The molecule has 3 rings (SSSR count). The molecule has 0 saturated carbocycles. The molecular formula is C17H18N6O7S. The van der Waals surface area contributed by atoms with Crippen molar-refractivity contribution in [3.05, 3.63) is 35.2 Å². The van der Waals surface area contributed by atoms with Gasteiger partial charge in [0.1, 0.15) is 42.3 Å². The molecule has 1 unspecified atom stereocenters. The number of amides is 3. The zero-order chi connectivity index (χ0) is 22.7. The fraction of sp³-hybridized carbons (Fsp3) is 0.294. The molecular weight excluding hydrogens is 432 g/mol. The number of nitrogen functional groups attached to an aromatic ring is 1. The molecule has 0 aliphatic carbocycles. The summed E-state index contributed by atoms with van der Waals surface area (Å²) in [4.78, 5) is 57.7. The minimum atomic E-state index is -1.36. The number of hydrogen-bond acceptors (Lipinski definition) is 10. The van der Waals surface area contributed by atoms with E-state index in [-0.39, 0.29) is 40.9 Å². The molecule has 1 fully saturated rings. The largest absolute Gasteiger partial charge is 0.477 e. The molecule has 2 aliphatic heterocycles. The minimum Gasteiger partial charge on any atom is -0.477 e. The molecule has 0 aromatic carbocycles. The number of fused-ring (bicyclic) bond motifs is 1. The first-order valence-electron chi connectivity index (χ1n) is 8.71. The molecule has 31 heavy (non-hydrogen) atoms. The van der Waals surface area contributed by atoms with Crippen molar-refractivity contribution >= 4 is 47.2 Å². The number of pyridine rings is 1. The van der Waals surface area contributed by atoms with Crippen LogP contribution in [0.4, 0.5) is 10.6 Å². The van der Waals surface area contributed by atoms with Crippen LogP contribution in [-0.4, -0.2) is 75.5 Å². The lowest BCUT2D eigenvalue weighted by Gasteiger charge is -2.49. The monoisotopic (exact) mass is 450 g/mol. The van der Waals surface area contributed by atoms with E-state index in [4.69, 9.17) is 16.3 Å². The van der Waals surface area contributed by atoms with E-state index >= 15 is 0 Å². The first-order valence-corrected chi connectivity index (χ1v) is 9.76. The van der Waals surface area contributed by atoms with Gasteiger partial charge in [0.05, 0.1) is 0 Å². The molecule has 3 amide bonds. The predicted octanol–water partition coefficient (Wildman–Crippen LogP) is -1.15. The molecule has 1 saturated heterocycles. The third-order valence-electron chi connectivity index (χ3n) is 4.34. The first kappa shape index (κ1) is 21.9. The van der Waals surface area contributed by atoms with Crippen molar-refractivity contribution in [3.63, 3.8) is 0 Å². The van der Waals surface area contributed by atoms with Crippen molar-refractivity contribution in [2.24, 2.45) is 10.9 Å². The minimum absolute atomic E-state index is 0.135. The Kier molecular flexibility index (Phi) is 6.29. The second-order valence-corrected chi connectivity index (χ2v) is 7.40. The van der Waals surface area contributed by atoms with Gasteiger partial charge >= 0.3 is 12.1 Å². The molecule has 2 atom stereocenters. The van der Waals surface area contributed by atoms with E-state index in [9.17, 15) is 24.3 Å². The Labute approximate surface area is 179 Å². The number of β-lactam (4-membered cyclic amide) rings is 1. The van der Waals surface area contributed by atoms with Crippen LogP contribution in [0.1, 0.15) is 5.69 Å². The zero-order valence-electron chi connectivity index (χ0n) is 16.1. The van der Waals surface area contributed by atoms with Gasteiger partial charge < -0.3 is 31.5 Å². The summed E-state index contributed by atoms with van der Waals surface area (Å²) in [5.41, 5.74) is 10.4. The molecule has 3 heterocycles. The van der Waals surface area contributed by atoms with E-state index in [0.29, 0.717) is 0 Å². The molecule has 6 N–H and O–H groups in total. The normalized spacial score (nSPS) is 20.5. The Hall–Kier alpha value is -3.81. The van der Waals surface area contributed by atoms with Crippen molar-refractivity contribution in [1.82, 2.24) is 15.2 Å². The van der Waals surface area contributed by atoms with Gasteiger partial charge in [-0.25, -0.2) is 14.6 Å². The second kappa shape index (κ2) is 8.91. The van der Waals surface area contributed by atoms with Crippen LogP contribution in [0, 0.1) is 0 Å². The molecule has 13 nitrogen and oxygen atoms in total. The molecule has 164 valence electrons. The van der Waals surface area contributed by atoms with E-state index in [2.05, 4.69) is 20.2 Å². The number of carbonyl (C=O) groups is 4. The number of hydrogen-bond donors (Lipinski definition) is 4. The summed E-state index contributed by atoms with van der Waals surface area (Å²) in [6, 6.07) is 3.59. The molecule has 2 aliphatic rings. The number of nitrogens with zero attached hydrogens (tertiary/aromatic N) is 3. The van der Waals surface area contributed by atoms with Crippen LogP contribution in [-0.2, 0) is 24.0 Å². The van der Waals surface area contributed by atoms with Crippen LogP contribution in [0.25, 0.3) is 0 Å². The highest BCUT2D eigenvalue weighted by Gasteiger charge is 2.54. The SMILES string of the molecule is CON=C(C(=O)NC1C(=O)N2C(C(=O)O)=C(COC(N)=O)CS[C@H]12)c1cccc(N)n1. The Balaban J connectivity index is 1.79. The number of thioether (sulfide) groups is 1. The van der Waals surface area contributed by atoms with E-state index in [1.54, 1.807) is 6.07 Å². The van der Waals surface area contributed by atoms with E-state index < -0.39 is 35.3 Å². The number of rotatable bonds is 7. The van der Waals surface area contributed by atoms with Crippen LogP contribution in [0.5, 0.6) is 0 Å². The van der Waals surface area contributed by atoms with Crippen LogP contribution in [0.15, 0.2) is 34.6 Å². The fourth-order valence-electron chi connectivity index (χ4n) is 3.04. The highest BCUT2D eigenvalue weighted by molar-refractivity contribution is 8.00. The van der Waals surface area contributed by atoms with Gasteiger partial charge in [-0.2, -0.15) is 0 Å². The number of nitrogens with one attached hydrogen (secondary N) is 1. The van der Waals surface area contributed by atoms with Gasteiger partial charge in [0, 0.05) is 11.3 Å². The van der Waals surface area contributed by atoms with Crippen molar-refractivity contribution in [1.29, 1.82) is 0 Å². The highest BCUT2D eigenvalue weighted by Crippen LogP contribution is 2.40. The van der Waals surface area contributed by atoms with Crippen molar-refractivity contribution < 1.29 is 33.9 Å². The number of carbonyl (C=O) groups excluding carboxylic acids is 3. The summed E-state index contributed by atoms with van der Waals surface area (Å²) < 4.78 is 4.66. The molecule has 0 radical (unpaired) electrons. The number of aliphatic carboxylic acids is 1. The van der Waals surface area contributed by atoms with Gasteiger partial charge in [-0.1, -0.05) is 11.2 Å². The van der Waals surface area contributed by atoms with Crippen LogP contribution >= 0.6 is 11.8 Å². The molecule has 1 aromatic rings. The number of aromatic nitrogens is 1. The van der Waals surface area contributed by atoms with Crippen molar-refractivity contribution in [3.8, 4) is 0 Å². The van der Waals surface area contributed by atoms with Crippen LogP contribution in [0.3, 0.4) is 0 Å².